The van der Waals surface area contributed by atoms with Gasteiger partial charge in [-0.1, -0.05) is 35.4 Å². The van der Waals surface area contributed by atoms with Crippen LogP contribution >= 0.6 is 11.6 Å². The van der Waals surface area contributed by atoms with Gasteiger partial charge in [-0.15, -0.1) is 0 Å². The SMILES string of the molecule is CCCC(Cl)=[N+](CCc1nonc1C)c1ccccc1C. The quantitative estimate of drug-likeness (QED) is 0.598. The molecule has 0 N–H and O–H groups in total. The highest BCUT2D eigenvalue weighted by molar-refractivity contribution is 6.64. The molecule has 5 heteroatoms. The van der Waals surface area contributed by atoms with E-state index in [1.165, 1.54) is 5.56 Å². The van der Waals surface area contributed by atoms with Crippen molar-refractivity contribution in [3.63, 3.8) is 0 Å². The number of para-hydroxylation sites is 1. The number of rotatable bonds is 6. The summed E-state index contributed by atoms with van der Waals surface area (Å²) in [4.78, 5) is 0. The largest absolute Gasteiger partial charge is 0.250 e. The van der Waals surface area contributed by atoms with E-state index >= 15 is 0 Å². The highest BCUT2D eigenvalue weighted by Gasteiger charge is 2.19. The highest BCUT2D eigenvalue weighted by Crippen LogP contribution is 2.20. The number of hydrogen-bond acceptors (Lipinski definition) is 3. The average Bonchev–Trinajstić information content (AvgIpc) is 2.87. The molecule has 1 aromatic heterocycles. The Morgan fingerprint density at radius 1 is 1.24 bits per heavy atom. The van der Waals surface area contributed by atoms with Gasteiger partial charge in [-0.25, -0.2) is 4.63 Å². The summed E-state index contributed by atoms with van der Waals surface area (Å²) in [5, 5.41) is 8.63. The Kier molecular flexibility index (Phi) is 5.51. The minimum absolute atomic E-state index is 0.754. The molecule has 0 aliphatic heterocycles. The Labute approximate surface area is 130 Å². The molecule has 0 atom stereocenters. The lowest BCUT2D eigenvalue weighted by atomic mass is 10.1. The van der Waals surface area contributed by atoms with Crippen LogP contribution in [-0.2, 0) is 6.42 Å². The van der Waals surface area contributed by atoms with E-state index in [2.05, 4.69) is 40.9 Å². The first kappa shape index (κ1) is 15.7. The summed E-state index contributed by atoms with van der Waals surface area (Å²) in [6, 6.07) is 8.27. The van der Waals surface area contributed by atoms with Crippen molar-refractivity contribution < 1.29 is 9.20 Å². The van der Waals surface area contributed by atoms with Crippen molar-refractivity contribution in [2.75, 3.05) is 6.54 Å². The third-order valence-corrected chi connectivity index (χ3v) is 3.87. The molecule has 0 saturated carbocycles. The summed E-state index contributed by atoms with van der Waals surface area (Å²) in [5.41, 5.74) is 4.08. The van der Waals surface area contributed by atoms with Crippen LogP contribution in [0.15, 0.2) is 28.9 Å². The Morgan fingerprint density at radius 2 is 2.00 bits per heavy atom. The van der Waals surface area contributed by atoms with E-state index in [-0.39, 0.29) is 0 Å². The molecule has 1 heterocycles. The maximum atomic E-state index is 6.52. The maximum Gasteiger partial charge on any atom is 0.250 e. The minimum atomic E-state index is 0.754. The standard InChI is InChI=1S/C16H21ClN3O/c1-4-7-16(17)20(15-9-6-5-8-12(15)2)11-10-14-13(3)18-21-19-14/h5-6,8-9H,4,7,10-11H2,1-3H3/q+1. The second-order valence-corrected chi connectivity index (χ2v) is 5.55. The first-order chi connectivity index (χ1) is 10.1. The topological polar surface area (TPSA) is 41.9 Å². The van der Waals surface area contributed by atoms with Crippen LogP contribution in [0.1, 0.15) is 36.7 Å². The monoisotopic (exact) mass is 306 g/mol. The van der Waals surface area contributed by atoms with E-state index in [0.29, 0.717) is 0 Å². The van der Waals surface area contributed by atoms with Gasteiger partial charge < -0.3 is 0 Å². The zero-order valence-corrected chi connectivity index (χ0v) is 13.5. The Hall–Kier alpha value is -1.68. The van der Waals surface area contributed by atoms with E-state index in [1.807, 2.05) is 19.1 Å². The Bertz CT molecular complexity index is 634. The smallest absolute Gasteiger partial charge is 0.244 e. The summed E-state index contributed by atoms with van der Waals surface area (Å²) < 4.78 is 6.92. The normalized spacial score (nSPS) is 12.4. The van der Waals surface area contributed by atoms with Crippen molar-refractivity contribution in [2.45, 2.75) is 40.0 Å². The fraction of sp³-hybridized carbons (Fsp3) is 0.438. The molecule has 21 heavy (non-hydrogen) atoms. The maximum absolute atomic E-state index is 6.52. The second kappa shape index (κ2) is 7.36. The van der Waals surface area contributed by atoms with Crippen LogP contribution in [0.4, 0.5) is 5.69 Å². The number of halogens is 1. The van der Waals surface area contributed by atoms with Gasteiger partial charge >= 0.3 is 0 Å². The molecule has 0 spiro atoms. The lowest BCUT2D eigenvalue weighted by molar-refractivity contribution is -0.439. The zero-order valence-electron chi connectivity index (χ0n) is 12.8. The fourth-order valence-corrected chi connectivity index (χ4v) is 2.64. The molecule has 0 aliphatic rings. The number of benzene rings is 1. The molecule has 2 aromatic rings. The van der Waals surface area contributed by atoms with E-state index in [1.54, 1.807) is 0 Å². The van der Waals surface area contributed by atoms with Gasteiger partial charge in [0.15, 0.2) is 6.54 Å². The van der Waals surface area contributed by atoms with Crippen molar-refractivity contribution >= 4 is 22.5 Å². The molecular weight excluding hydrogens is 286 g/mol. The number of aryl methyl sites for hydroxylation is 2. The molecule has 4 nitrogen and oxygen atoms in total. The van der Waals surface area contributed by atoms with Gasteiger partial charge in [0.25, 0.3) is 5.17 Å². The van der Waals surface area contributed by atoms with Crippen molar-refractivity contribution in [1.29, 1.82) is 0 Å². The third-order valence-electron chi connectivity index (χ3n) is 3.47. The lowest BCUT2D eigenvalue weighted by Crippen LogP contribution is -2.17. The summed E-state index contributed by atoms with van der Waals surface area (Å²) in [7, 11) is 0. The van der Waals surface area contributed by atoms with Gasteiger partial charge in [0.1, 0.15) is 11.4 Å². The predicted molar refractivity (Wildman–Crippen MR) is 84.5 cm³/mol. The van der Waals surface area contributed by atoms with Crippen molar-refractivity contribution in [2.24, 2.45) is 0 Å². The third kappa shape index (κ3) is 3.91. The van der Waals surface area contributed by atoms with Gasteiger partial charge in [0.2, 0.25) is 5.69 Å². The van der Waals surface area contributed by atoms with E-state index in [0.717, 1.165) is 48.1 Å². The molecule has 0 bridgehead atoms. The molecule has 2 rings (SSSR count). The zero-order chi connectivity index (χ0) is 15.2. The van der Waals surface area contributed by atoms with Crippen molar-refractivity contribution in [1.82, 2.24) is 10.3 Å². The van der Waals surface area contributed by atoms with Gasteiger partial charge in [0.05, 0.1) is 6.42 Å². The molecule has 0 saturated heterocycles. The molecule has 0 unspecified atom stereocenters. The summed E-state index contributed by atoms with van der Waals surface area (Å²) in [6.45, 7) is 6.89. The van der Waals surface area contributed by atoms with Crippen LogP contribution in [0.2, 0.25) is 0 Å². The molecule has 0 aliphatic carbocycles. The van der Waals surface area contributed by atoms with Gasteiger partial charge in [-0.2, -0.15) is 4.58 Å². The lowest BCUT2D eigenvalue weighted by Gasteiger charge is -2.07. The Morgan fingerprint density at radius 3 is 2.62 bits per heavy atom. The average molecular weight is 307 g/mol. The highest BCUT2D eigenvalue weighted by atomic mass is 35.5. The minimum Gasteiger partial charge on any atom is -0.244 e. The molecule has 0 amide bonds. The number of aromatic nitrogens is 2. The Balaban J connectivity index is 2.28. The second-order valence-electron chi connectivity index (χ2n) is 5.11. The first-order valence-corrected chi connectivity index (χ1v) is 7.63. The van der Waals surface area contributed by atoms with Crippen molar-refractivity contribution in [3.05, 3.63) is 41.2 Å². The van der Waals surface area contributed by atoms with Gasteiger partial charge in [0, 0.05) is 18.1 Å². The molecule has 0 radical (unpaired) electrons. The van der Waals surface area contributed by atoms with Crippen LogP contribution in [-0.4, -0.2) is 26.6 Å². The summed E-state index contributed by atoms with van der Waals surface area (Å²) >= 11 is 6.52. The molecule has 0 fully saturated rings. The fourth-order valence-electron chi connectivity index (χ4n) is 2.27. The van der Waals surface area contributed by atoms with Crippen LogP contribution in [0.25, 0.3) is 0 Å². The van der Waals surface area contributed by atoms with Crippen LogP contribution in [0.3, 0.4) is 0 Å². The number of nitrogens with zero attached hydrogens (tertiary/aromatic N) is 3. The summed E-state index contributed by atoms with van der Waals surface area (Å²) in [6.07, 6.45) is 2.64. The van der Waals surface area contributed by atoms with Crippen LogP contribution in [0.5, 0.6) is 0 Å². The summed E-state index contributed by atoms with van der Waals surface area (Å²) in [5.74, 6) is 0. The van der Waals surface area contributed by atoms with E-state index in [4.69, 9.17) is 16.2 Å². The van der Waals surface area contributed by atoms with Crippen molar-refractivity contribution in [3.8, 4) is 0 Å². The van der Waals surface area contributed by atoms with Gasteiger partial charge in [-0.05, 0) is 31.9 Å². The van der Waals surface area contributed by atoms with E-state index < -0.39 is 0 Å². The number of hydrogen-bond donors (Lipinski definition) is 0. The van der Waals surface area contributed by atoms with Gasteiger partial charge in [-0.3, -0.25) is 0 Å². The van der Waals surface area contributed by atoms with Crippen LogP contribution < -0.4 is 0 Å². The molecular formula is C16H21ClN3O+. The first-order valence-electron chi connectivity index (χ1n) is 7.26. The molecule has 1 aromatic carbocycles. The molecule has 112 valence electrons. The predicted octanol–water partition coefficient (Wildman–Crippen LogP) is 4.01. The van der Waals surface area contributed by atoms with Crippen LogP contribution in [0, 0.1) is 13.8 Å². The van der Waals surface area contributed by atoms with E-state index in [9.17, 15) is 0 Å².